The first-order valence-electron chi connectivity index (χ1n) is 14.0. The van der Waals surface area contributed by atoms with Gasteiger partial charge in [0.1, 0.15) is 11.5 Å². The van der Waals surface area contributed by atoms with Crippen LogP contribution in [0.25, 0.3) is 0 Å². The summed E-state index contributed by atoms with van der Waals surface area (Å²) in [5.41, 5.74) is 5.94. The van der Waals surface area contributed by atoms with E-state index in [0.717, 1.165) is 45.9 Å². The van der Waals surface area contributed by atoms with E-state index < -0.39 is 5.60 Å². The van der Waals surface area contributed by atoms with Crippen molar-refractivity contribution in [3.8, 4) is 11.5 Å². The van der Waals surface area contributed by atoms with Gasteiger partial charge in [0.25, 0.3) is 0 Å². The molecule has 7 rings (SSSR count). The lowest BCUT2D eigenvalue weighted by atomic mass is 9.76. The minimum absolute atomic E-state index is 0.315. The van der Waals surface area contributed by atoms with Crippen molar-refractivity contribution < 1.29 is 14.3 Å². The number of esters is 1. The summed E-state index contributed by atoms with van der Waals surface area (Å²) >= 11 is 0. The van der Waals surface area contributed by atoms with Gasteiger partial charge in [0, 0.05) is 34.7 Å². The van der Waals surface area contributed by atoms with Gasteiger partial charge in [0.15, 0.2) is 5.60 Å². The zero-order chi connectivity index (χ0) is 26.4. The molecule has 2 N–H and O–H groups in total. The predicted octanol–water partition coefficient (Wildman–Crippen LogP) is 8.30. The van der Waals surface area contributed by atoms with Crippen molar-refractivity contribution in [2.45, 2.75) is 44.6 Å². The first-order valence-corrected chi connectivity index (χ1v) is 14.0. The number of ether oxygens (including phenoxy) is 2. The van der Waals surface area contributed by atoms with Gasteiger partial charge in [0.2, 0.25) is 0 Å². The quantitative estimate of drug-likeness (QED) is 0.261. The fourth-order valence-electron chi connectivity index (χ4n) is 6.48. The minimum Gasteiger partial charge on any atom is -0.456 e. The van der Waals surface area contributed by atoms with Gasteiger partial charge < -0.3 is 20.1 Å². The van der Waals surface area contributed by atoms with Crippen LogP contribution in [-0.4, -0.2) is 12.5 Å². The zero-order valence-corrected chi connectivity index (χ0v) is 22.1. The van der Waals surface area contributed by atoms with E-state index in [1.165, 1.54) is 32.1 Å². The van der Waals surface area contributed by atoms with Gasteiger partial charge in [-0.1, -0.05) is 61.7 Å². The van der Waals surface area contributed by atoms with E-state index in [4.69, 9.17) is 9.47 Å². The summed E-state index contributed by atoms with van der Waals surface area (Å²) in [4.78, 5) is 13.4. The Morgan fingerprint density at radius 1 is 0.821 bits per heavy atom. The second kappa shape index (κ2) is 9.49. The van der Waals surface area contributed by atoms with Crippen LogP contribution in [0.4, 0.5) is 17.1 Å². The standard InChI is InChI=1S/C34H32N2O3/c1-22-19-31-27(20-29(22)36-24-13-6-3-7-14-24)34(26-16-9-8-15-25(26)33(37)39-34)32-28(17-10-18-30(32)38-31)35-21-23-11-4-2-5-12-23/h3,6-10,13-20,23,35-36H,2,4-5,11-12,21H2,1H3. The molecule has 196 valence electrons. The maximum atomic E-state index is 13.4. The SMILES string of the molecule is Cc1cc2c(cc1Nc1ccccc1)C1(OC(=O)c3ccccc31)c1c(NCC3CCCCC3)cccc1O2. The first-order chi connectivity index (χ1) is 19.1. The van der Waals surface area contributed by atoms with E-state index >= 15 is 0 Å². The molecule has 0 amide bonds. The lowest BCUT2D eigenvalue weighted by molar-refractivity contribution is 0.0227. The molecule has 1 saturated carbocycles. The van der Waals surface area contributed by atoms with Crippen LogP contribution in [0.15, 0.2) is 84.9 Å². The van der Waals surface area contributed by atoms with Crippen LogP contribution in [0.5, 0.6) is 11.5 Å². The Morgan fingerprint density at radius 2 is 1.62 bits per heavy atom. The Kier molecular flexibility index (Phi) is 5.80. The molecule has 0 saturated heterocycles. The number of hydrogen-bond donors (Lipinski definition) is 2. The van der Waals surface area contributed by atoms with Crippen molar-refractivity contribution in [1.29, 1.82) is 0 Å². The van der Waals surface area contributed by atoms with E-state index in [2.05, 4.69) is 29.7 Å². The van der Waals surface area contributed by atoms with Crippen molar-refractivity contribution in [1.82, 2.24) is 0 Å². The molecular formula is C34H32N2O3. The van der Waals surface area contributed by atoms with Crippen molar-refractivity contribution >= 4 is 23.0 Å². The molecule has 1 aliphatic carbocycles. The summed E-state index contributed by atoms with van der Waals surface area (Å²) in [6.07, 6.45) is 6.41. The summed E-state index contributed by atoms with van der Waals surface area (Å²) in [6, 6.07) is 28.1. The summed E-state index contributed by atoms with van der Waals surface area (Å²) < 4.78 is 13.1. The predicted molar refractivity (Wildman–Crippen MR) is 154 cm³/mol. The van der Waals surface area contributed by atoms with E-state index in [9.17, 15) is 4.79 Å². The highest BCUT2D eigenvalue weighted by Gasteiger charge is 2.54. The molecule has 5 nitrogen and oxygen atoms in total. The number of anilines is 3. The van der Waals surface area contributed by atoms with Crippen LogP contribution in [-0.2, 0) is 10.3 Å². The van der Waals surface area contributed by atoms with Gasteiger partial charge in [-0.2, -0.15) is 0 Å². The van der Waals surface area contributed by atoms with Gasteiger partial charge in [0.05, 0.1) is 11.1 Å². The molecule has 0 radical (unpaired) electrons. The average Bonchev–Trinajstić information content (AvgIpc) is 3.26. The number of nitrogens with one attached hydrogen (secondary N) is 2. The molecule has 2 heterocycles. The normalized spacial score (nSPS) is 19.5. The number of carbonyl (C=O) groups is 1. The second-order valence-corrected chi connectivity index (χ2v) is 10.9. The fraction of sp³-hybridized carbons (Fsp3) is 0.265. The molecule has 1 atom stereocenters. The van der Waals surface area contributed by atoms with E-state index in [0.29, 0.717) is 23.0 Å². The topological polar surface area (TPSA) is 59.6 Å². The first kappa shape index (κ1) is 23.8. The van der Waals surface area contributed by atoms with Gasteiger partial charge in [-0.05, 0) is 73.7 Å². The molecule has 4 aromatic rings. The number of para-hydroxylation sites is 1. The fourth-order valence-corrected chi connectivity index (χ4v) is 6.48. The molecule has 3 aliphatic rings. The van der Waals surface area contributed by atoms with Crippen molar-refractivity contribution in [2.24, 2.45) is 5.92 Å². The van der Waals surface area contributed by atoms with Crippen molar-refractivity contribution in [3.05, 3.63) is 113 Å². The molecular weight excluding hydrogens is 484 g/mol. The smallest absolute Gasteiger partial charge is 0.340 e. The van der Waals surface area contributed by atoms with Crippen LogP contribution in [0.2, 0.25) is 0 Å². The third kappa shape index (κ3) is 3.95. The van der Waals surface area contributed by atoms with E-state index in [1.807, 2.05) is 72.8 Å². The molecule has 2 aliphatic heterocycles. The molecule has 1 unspecified atom stereocenters. The molecule has 0 bridgehead atoms. The van der Waals surface area contributed by atoms with Crippen LogP contribution in [0.1, 0.15) is 64.7 Å². The van der Waals surface area contributed by atoms with Gasteiger partial charge in [-0.25, -0.2) is 4.79 Å². The lowest BCUT2D eigenvalue weighted by Crippen LogP contribution is -2.34. The highest BCUT2D eigenvalue weighted by Crippen LogP contribution is 2.58. The Balaban J connectivity index is 1.40. The number of rotatable bonds is 5. The Morgan fingerprint density at radius 3 is 2.46 bits per heavy atom. The number of carbonyl (C=O) groups excluding carboxylic acids is 1. The Bertz CT molecular complexity index is 1560. The number of aryl methyl sites for hydroxylation is 1. The largest absolute Gasteiger partial charge is 0.456 e. The number of fused-ring (bicyclic) bond motifs is 6. The van der Waals surface area contributed by atoms with Gasteiger partial charge >= 0.3 is 5.97 Å². The molecule has 1 fully saturated rings. The number of hydrogen-bond acceptors (Lipinski definition) is 5. The number of benzene rings is 4. The highest BCUT2D eigenvalue weighted by atomic mass is 16.6. The van der Waals surface area contributed by atoms with Crippen LogP contribution in [0.3, 0.4) is 0 Å². The summed E-state index contributed by atoms with van der Waals surface area (Å²) in [6.45, 7) is 2.96. The molecule has 5 heteroatoms. The Labute approximate surface area is 229 Å². The van der Waals surface area contributed by atoms with Gasteiger partial charge in [-0.3, -0.25) is 0 Å². The van der Waals surface area contributed by atoms with E-state index in [-0.39, 0.29) is 5.97 Å². The van der Waals surface area contributed by atoms with Gasteiger partial charge in [-0.15, -0.1) is 0 Å². The Hall–Kier alpha value is -4.25. The third-order valence-electron chi connectivity index (χ3n) is 8.43. The highest BCUT2D eigenvalue weighted by molar-refractivity contribution is 5.97. The van der Waals surface area contributed by atoms with Crippen LogP contribution in [0, 0.1) is 12.8 Å². The van der Waals surface area contributed by atoms with Crippen LogP contribution < -0.4 is 15.4 Å². The maximum absolute atomic E-state index is 13.4. The second-order valence-electron chi connectivity index (χ2n) is 10.9. The van der Waals surface area contributed by atoms with Crippen LogP contribution >= 0.6 is 0 Å². The monoisotopic (exact) mass is 516 g/mol. The third-order valence-corrected chi connectivity index (χ3v) is 8.43. The summed E-state index contributed by atoms with van der Waals surface area (Å²) in [5.74, 6) is 1.74. The molecule has 4 aromatic carbocycles. The molecule has 1 spiro atoms. The summed E-state index contributed by atoms with van der Waals surface area (Å²) in [5, 5.41) is 7.31. The maximum Gasteiger partial charge on any atom is 0.340 e. The lowest BCUT2D eigenvalue weighted by Gasteiger charge is -2.38. The van der Waals surface area contributed by atoms with Crippen molar-refractivity contribution in [2.75, 3.05) is 17.2 Å². The van der Waals surface area contributed by atoms with Crippen molar-refractivity contribution in [3.63, 3.8) is 0 Å². The van der Waals surface area contributed by atoms with E-state index in [1.54, 1.807) is 0 Å². The molecule has 39 heavy (non-hydrogen) atoms. The minimum atomic E-state index is -1.12. The summed E-state index contributed by atoms with van der Waals surface area (Å²) in [7, 11) is 0. The average molecular weight is 517 g/mol. The zero-order valence-electron chi connectivity index (χ0n) is 22.1. The molecule has 0 aromatic heterocycles.